The lowest BCUT2D eigenvalue weighted by molar-refractivity contribution is -0.120. The van der Waals surface area contributed by atoms with E-state index in [4.69, 9.17) is 5.73 Å². The summed E-state index contributed by atoms with van der Waals surface area (Å²) in [5.41, 5.74) is 7.96. The molecule has 90 valence electrons. The van der Waals surface area contributed by atoms with Crippen molar-refractivity contribution >= 4 is 23.0 Å². The number of carbonyl (C=O) groups is 1. The SMILES string of the molecule is CC1=NN(c2ccccc2N)C(=O)C1C(C)C. The molecule has 4 nitrogen and oxygen atoms in total. The first-order valence-corrected chi connectivity index (χ1v) is 5.76. The van der Waals surface area contributed by atoms with Gasteiger partial charge in [0.05, 0.1) is 17.3 Å². The summed E-state index contributed by atoms with van der Waals surface area (Å²) in [6, 6.07) is 7.28. The molecule has 17 heavy (non-hydrogen) atoms. The molecule has 1 heterocycles. The molecule has 4 heteroatoms. The first-order valence-electron chi connectivity index (χ1n) is 5.76. The average molecular weight is 231 g/mol. The minimum atomic E-state index is -0.130. The van der Waals surface area contributed by atoms with Crippen LogP contribution in [0.2, 0.25) is 0 Å². The van der Waals surface area contributed by atoms with Crippen molar-refractivity contribution in [3.63, 3.8) is 0 Å². The Bertz CT molecular complexity index is 479. The maximum absolute atomic E-state index is 12.3. The zero-order valence-electron chi connectivity index (χ0n) is 10.3. The molecule has 0 spiro atoms. The van der Waals surface area contributed by atoms with Crippen LogP contribution in [0, 0.1) is 11.8 Å². The molecule has 0 fully saturated rings. The number of nitrogens with two attached hydrogens (primary N) is 1. The summed E-state index contributed by atoms with van der Waals surface area (Å²) >= 11 is 0. The van der Waals surface area contributed by atoms with Crippen LogP contribution < -0.4 is 10.7 Å². The lowest BCUT2D eigenvalue weighted by Crippen LogP contribution is -2.30. The number of anilines is 2. The standard InChI is InChI=1S/C13H17N3O/c1-8(2)12-9(3)15-16(13(12)17)11-7-5-4-6-10(11)14/h4-8,12H,14H2,1-3H3. The molecule has 1 atom stereocenters. The summed E-state index contributed by atoms with van der Waals surface area (Å²) in [6.45, 7) is 5.95. The molecule has 1 aromatic rings. The van der Waals surface area contributed by atoms with Crippen LogP contribution in [0.3, 0.4) is 0 Å². The van der Waals surface area contributed by atoms with Gasteiger partial charge in [0.2, 0.25) is 0 Å². The summed E-state index contributed by atoms with van der Waals surface area (Å²) < 4.78 is 0. The number of hydrogen-bond acceptors (Lipinski definition) is 3. The Balaban J connectivity index is 2.38. The molecule has 2 rings (SSSR count). The molecule has 0 radical (unpaired) electrons. The van der Waals surface area contributed by atoms with Gasteiger partial charge in [0, 0.05) is 5.71 Å². The monoisotopic (exact) mass is 231 g/mol. The topological polar surface area (TPSA) is 58.7 Å². The fraction of sp³-hybridized carbons (Fsp3) is 0.385. The lowest BCUT2D eigenvalue weighted by Gasteiger charge is -2.17. The summed E-state index contributed by atoms with van der Waals surface area (Å²) in [5, 5.41) is 5.75. The van der Waals surface area contributed by atoms with Crippen molar-refractivity contribution in [2.75, 3.05) is 10.7 Å². The summed E-state index contributed by atoms with van der Waals surface area (Å²) in [5.74, 6) is 0.131. The van der Waals surface area contributed by atoms with Crippen LogP contribution in [0.25, 0.3) is 0 Å². The van der Waals surface area contributed by atoms with Crippen LogP contribution in [0.15, 0.2) is 29.4 Å². The van der Waals surface area contributed by atoms with Crippen molar-refractivity contribution in [3.05, 3.63) is 24.3 Å². The van der Waals surface area contributed by atoms with Gasteiger partial charge in [-0.2, -0.15) is 10.1 Å². The largest absolute Gasteiger partial charge is 0.397 e. The van der Waals surface area contributed by atoms with Crippen molar-refractivity contribution in [2.24, 2.45) is 16.9 Å². The smallest absolute Gasteiger partial charge is 0.256 e. The van der Waals surface area contributed by atoms with E-state index in [0.29, 0.717) is 11.4 Å². The third-order valence-corrected chi connectivity index (χ3v) is 3.01. The van der Waals surface area contributed by atoms with Crippen molar-refractivity contribution in [2.45, 2.75) is 20.8 Å². The van der Waals surface area contributed by atoms with Crippen LogP contribution in [0.1, 0.15) is 20.8 Å². The second kappa shape index (κ2) is 4.20. The first kappa shape index (κ1) is 11.6. The van der Waals surface area contributed by atoms with Crippen molar-refractivity contribution in [1.29, 1.82) is 0 Å². The molecule has 1 unspecified atom stereocenters. The number of rotatable bonds is 2. The molecule has 0 bridgehead atoms. The van der Waals surface area contributed by atoms with Gasteiger partial charge < -0.3 is 5.73 Å². The van der Waals surface area contributed by atoms with Gasteiger partial charge in [-0.3, -0.25) is 4.79 Å². The maximum atomic E-state index is 12.3. The highest BCUT2D eigenvalue weighted by molar-refractivity contribution is 6.15. The maximum Gasteiger partial charge on any atom is 0.256 e. The molecule has 0 aromatic heterocycles. The molecule has 1 aromatic carbocycles. The third kappa shape index (κ3) is 1.90. The van der Waals surface area contributed by atoms with E-state index in [2.05, 4.69) is 5.10 Å². The van der Waals surface area contributed by atoms with E-state index in [1.807, 2.05) is 39.0 Å². The molecular formula is C13H17N3O. The third-order valence-electron chi connectivity index (χ3n) is 3.01. The number of para-hydroxylation sites is 2. The Labute approximate surface area is 101 Å². The number of hydrogen-bond donors (Lipinski definition) is 1. The zero-order valence-corrected chi connectivity index (χ0v) is 10.3. The highest BCUT2D eigenvalue weighted by Gasteiger charge is 2.36. The Morgan fingerprint density at radius 1 is 1.35 bits per heavy atom. The van der Waals surface area contributed by atoms with Crippen molar-refractivity contribution in [3.8, 4) is 0 Å². The zero-order chi connectivity index (χ0) is 12.6. The van der Waals surface area contributed by atoms with Gasteiger partial charge in [0.15, 0.2) is 0 Å². The number of nitrogen functional groups attached to an aromatic ring is 1. The van der Waals surface area contributed by atoms with E-state index in [1.165, 1.54) is 5.01 Å². The van der Waals surface area contributed by atoms with Crippen molar-refractivity contribution in [1.82, 2.24) is 0 Å². The lowest BCUT2D eigenvalue weighted by atomic mass is 9.92. The van der Waals surface area contributed by atoms with Gasteiger partial charge in [-0.1, -0.05) is 26.0 Å². The molecule has 1 amide bonds. The fourth-order valence-corrected chi connectivity index (χ4v) is 2.20. The number of hydrazone groups is 1. The van der Waals surface area contributed by atoms with Crippen LogP contribution in [0.5, 0.6) is 0 Å². The average Bonchev–Trinajstić information content (AvgIpc) is 2.55. The Kier molecular flexibility index (Phi) is 2.88. The highest BCUT2D eigenvalue weighted by atomic mass is 16.2. The number of benzene rings is 1. The van der Waals surface area contributed by atoms with Crippen LogP contribution >= 0.6 is 0 Å². The van der Waals surface area contributed by atoms with Gasteiger partial charge >= 0.3 is 0 Å². The minimum absolute atomic E-state index is 0.00963. The molecule has 0 aliphatic carbocycles. The molecule has 1 aliphatic rings. The normalized spacial score (nSPS) is 20.0. The molecule has 2 N–H and O–H groups in total. The van der Waals surface area contributed by atoms with Crippen LogP contribution in [-0.4, -0.2) is 11.6 Å². The van der Waals surface area contributed by atoms with Gasteiger partial charge in [-0.25, -0.2) is 0 Å². The van der Waals surface area contributed by atoms with Gasteiger partial charge in [0.1, 0.15) is 0 Å². The molecular weight excluding hydrogens is 214 g/mol. The fourth-order valence-electron chi connectivity index (χ4n) is 2.20. The van der Waals surface area contributed by atoms with Crippen LogP contribution in [0.4, 0.5) is 11.4 Å². The van der Waals surface area contributed by atoms with Gasteiger partial charge in [0.25, 0.3) is 5.91 Å². The number of amides is 1. The number of nitrogens with zero attached hydrogens (tertiary/aromatic N) is 2. The Morgan fingerprint density at radius 2 is 2.00 bits per heavy atom. The van der Waals surface area contributed by atoms with E-state index in [9.17, 15) is 4.79 Å². The molecule has 0 saturated carbocycles. The van der Waals surface area contributed by atoms with Crippen molar-refractivity contribution < 1.29 is 4.79 Å². The quantitative estimate of drug-likeness (QED) is 0.794. The van der Waals surface area contributed by atoms with E-state index in [-0.39, 0.29) is 17.7 Å². The Hall–Kier alpha value is -1.84. The summed E-state index contributed by atoms with van der Waals surface area (Å²) in [7, 11) is 0. The van der Waals surface area contributed by atoms with Gasteiger partial charge in [-0.05, 0) is 25.0 Å². The highest BCUT2D eigenvalue weighted by Crippen LogP contribution is 2.31. The molecule has 1 aliphatic heterocycles. The van der Waals surface area contributed by atoms with E-state index in [0.717, 1.165) is 5.71 Å². The predicted octanol–water partition coefficient (Wildman–Crippen LogP) is 2.26. The van der Waals surface area contributed by atoms with Crippen LogP contribution in [-0.2, 0) is 4.79 Å². The second-order valence-corrected chi connectivity index (χ2v) is 4.67. The van der Waals surface area contributed by atoms with Gasteiger partial charge in [-0.15, -0.1) is 0 Å². The first-order chi connectivity index (χ1) is 8.02. The van der Waals surface area contributed by atoms with E-state index in [1.54, 1.807) is 6.07 Å². The minimum Gasteiger partial charge on any atom is -0.397 e. The molecule has 0 saturated heterocycles. The summed E-state index contributed by atoms with van der Waals surface area (Å²) in [6.07, 6.45) is 0. The Morgan fingerprint density at radius 3 is 2.53 bits per heavy atom. The number of carbonyl (C=O) groups excluding carboxylic acids is 1. The van der Waals surface area contributed by atoms with E-state index < -0.39 is 0 Å². The van der Waals surface area contributed by atoms with E-state index >= 15 is 0 Å². The second-order valence-electron chi connectivity index (χ2n) is 4.67. The summed E-state index contributed by atoms with van der Waals surface area (Å²) in [4.78, 5) is 12.3. The predicted molar refractivity (Wildman–Crippen MR) is 69.8 cm³/mol.